The van der Waals surface area contributed by atoms with Crippen LogP contribution in [0.3, 0.4) is 0 Å². The second kappa shape index (κ2) is 6.58. The highest BCUT2D eigenvalue weighted by atomic mass is 35.5. The van der Waals surface area contributed by atoms with Crippen LogP contribution in [0.5, 0.6) is 0 Å². The molecule has 1 N–H and O–H groups in total. The Bertz CT molecular complexity index is 383. The minimum atomic E-state index is 0.422. The first-order valence-corrected chi connectivity index (χ1v) is 7.58. The third-order valence-electron chi connectivity index (χ3n) is 4.09. The van der Waals surface area contributed by atoms with Crippen LogP contribution in [-0.4, -0.2) is 6.54 Å². The van der Waals surface area contributed by atoms with Gasteiger partial charge in [-0.05, 0) is 36.9 Å². The first-order valence-electron chi connectivity index (χ1n) is 7.20. The van der Waals surface area contributed by atoms with Gasteiger partial charge in [-0.2, -0.15) is 0 Å². The Kier molecular flexibility index (Phi) is 5.08. The van der Waals surface area contributed by atoms with Gasteiger partial charge in [0.1, 0.15) is 0 Å². The minimum Gasteiger partial charge on any atom is -0.310 e. The first kappa shape index (κ1) is 13.9. The maximum absolute atomic E-state index is 6.47. The molecule has 0 spiro atoms. The van der Waals surface area contributed by atoms with Gasteiger partial charge >= 0.3 is 0 Å². The molecule has 0 aromatic heterocycles. The van der Waals surface area contributed by atoms with Gasteiger partial charge in [0.2, 0.25) is 0 Å². The molecule has 0 saturated heterocycles. The van der Waals surface area contributed by atoms with Crippen molar-refractivity contribution in [3.05, 3.63) is 34.3 Å². The fourth-order valence-electron chi connectivity index (χ4n) is 3.09. The zero-order chi connectivity index (χ0) is 13.0. The Labute approximate surface area is 116 Å². The molecule has 0 aliphatic heterocycles. The lowest BCUT2D eigenvalue weighted by Gasteiger charge is -2.23. The molecule has 0 heterocycles. The van der Waals surface area contributed by atoms with Crippen molar-refractivity contribution in [3.8, 4) is 0 Å². The summed E-state index contributed by atoms with van der Waals surface area (Å²) in [6.45, 7) is 5.26. The van der Waals surface area contributed by atoms with E-state index in [2.05, 4.69) is 37.4 Å². The van der Waals surface area contributed by atoms with Crippen molar-refractivity contribution in [2.75, 3.05) is 6.54 Å². The SMILES string of the molecule is CCNC(CC1CCCC1)c1cccc(C)c1Cl. The van der Waals surface area contributed by atoms with Crippen molar-refractivity contribution in [3.63, 3.8) is 0 Å². The van der Waals surface area contributed by atoms with Crippen LogP contribution in [0.2, 0.25) is 5.02 Å². The number of rotatable bonds is 5. The topological polar surface area (TPSA) is 12.0 Å². The van der Waals surface area contributed by atoms with Crippen LogP contribution in [0.1, 0.15) is 56.2 Å². The second-order valence-corrected chi connectivity index (χ2v) is 5.85. The number of halogens is 1. The molecule has 1 aliphatic rings. The average Bonchev–Trinajstić information content (AvgIpc) is 2.85. The molecule has 100 valence electrons. The monoisotopic (exact) mass is 265 g/mol. The van der Waals surface area contributed by atoms with Crippen LogP contribution in [-0.2, 0) is 0 Å². The van der Waals surface area contributed by atoms with Gasteiger partial charge in [0, 0.05) is 11.1 Å². The average molecular weight is 266 g/mol. The Morgan fingerprint density at radius 2 is 2.06 bits per heavy atom. The lowest BCUT2D eigenvalue weighted by molar-refractivity contribution is 0.401. The predicted molar refractivity (Wildman–Crippen MR) is 79.2 cm³/mol. The zero-order valence-corrected chi connectivity index (χ0v) is 12.3. The Hall–Kier alpha value is -0.530. The number of nitrogens with one attached hydrogen (secondary N) is 1. The Balaban J connectivity index is 2.14. The summed E-state index contributed by atoms with van der Waals surface area (Å²) in [5, 5.41) is 4.56. The van der Waals surface area contributed by atoms with Crippen molar-refractivity contribution in [1.29, 1.82) is 0 Å². The number of benzene rings is 1. The molecule has 18 heavy (non-hydrogen) atoms. The fraction of sp³-hybridized carbons (Fsp3) is 0.625. The highest BCUT2D eigenvalue weighted by molar-refractivity contribution is 6.32. The van der Waals surface area contributed by atoms with E-state index in [0.29, 0.717) is 6.04 Å². The fourth-order valence-corrected chi connectivity index (χ4v) is 3.34. The van der Waals surface area contributed by atoms with Crippen molar-refractivity contribution in [2.45, 2.75) is 52.0 Å². The molecule has 1 fully saturated rings. The highest BCUT2D eigenvalue weighted by Gasteiger charge is 2.22. The zero-order valence-electron chi connectivity index (χ0n) is 11.5. The van der Waals surface area contributed by atoms with E-state index in [4.69, 9.17) is 11.6 Å². The maximum atomic E-state index is 6.47. The largest absolute Gasteiger partial charge is 0.310 e. The summed E-state index contributed by atoms with van der Waals surface area (Å²) in [6.07, 6.45) is 6.84. The van der Waals surface area contributed by atoms with Gasteiger partial charge in [-0.25, -0.2) is 0 Å². The third kappa shape index (κ3) is 3.27. The molecule has 0 amide bonds. The van der Waals surface area contributed by atoms with Gasteiger partial charge in [0.15, 0.2) is 0 Å². The summed E-state index contributed by atoms with van der Waals surface area (Å²) in [5.41, 5.74) is 2.47. The molecule has 0 bridgehead atoms. The summed E-state index contributed by atoms with van der Waals surface area (Å²) in [5.74, 6) is 0.880. The van der Waals surface area contributed by atoms with Crippen LogP contribution in [0.25, 0.3) is 0 Å². The van der Waals surface area contributed by atoms with Gasteiger partial charge in [-0.15, -0.1) is 0 Å². The molecular formula is C16H24ClN. The number of hydrogen-bond acceptors (Lipinski definition) is 1. The van der Waals surface area contributed by atoms with E-state index in [0.717, 1.165) is 17.5 Å². The van der Waals surface area contributed by atoms with Crippen LogP contribution in [0.4, 0.5) is 0 Å². The van der Waals surface area contributed by atoms with Gasteiger partial charge in [-0.3, -0.25) is 0 Å². The first-order chi connectivity index (χ1) is 8.72. The number of aryl methyl sites for hydroxylation is 1. The second-order valence-electron chi connectivity index (χ2n) is 5.47. The highest BCUT2D eigenvalue weighted by Crippen LogP contribution is 2.35. The van der Waals surface area contributed by atoms with E-state index in [9.17, 15) is 0 Å². The summed E-state index contributed by atoms with van der Waals surface area (Å²) in [7, 11) is 0. The van der Waals surface area contributed by atoms with E-state index < -0.39 is 0 Å². The van der Waals surface area contributed by atoms with Crippen LogP contribution in [0.15, 0.2) is 18.2 Å². The minimum absolute atomic E-state index is 0.422. The molecule has 1 aromatic carbocycles. The summed E-state index contributed by atoms with van der Waals surface area (Å²) < 4.78 is 0. The van der Waals surface area contributed by atoms with Gasteiger partial charge in [0.25, 0.3) is 0 Å². The quantitative estimate of drug-likeness (QED) is 0.800. The molecule has 1 aliphatic carbocycles. The maximum Gasteiger partial charge on any atom is 0.0482 e. The predicted octanol–water partition coefficient (Wildman–Crippen LogP) is 4.88. The standard InChI is InChI=1S/C16H24ClN/c1-3-18-15(11-13-8-4-5-9-13)14-10-6-7-12(2)16(14)17/h6-7,10,13,15,18H,3-5,8-9,11H2,1-2H3. The normalized spacial score (nSPS) is 18.2. The smallest absolute Gasteiger partial charge is 0.0482 e. The van der Waals surface area contributed by atoms with E-state index in [1.807, 2.05) is 0 Å². The van der Waals surface area contributed by atoms with Gasteiger partial charge in [0.05, 0.1) is 0 Å². The molecular weight excluding hydrogens is 242 g/mol. The van der Waals surface area contributed by atoms with Gasteiger partial charge in [-0.1, -0.05) is 62.4 Å². The summed E-state index contributed by atoms with van der Waals surface area (Å²) >= 11 is 6.47. The molecule has 2 rings (SSSR count). The van der Waals surface area contributed by atoms with Crippen molar-refractivity contribution in [2.24, 2.45) is 5.92 Å². The summed E-state index contributed by atoms with van der Waals surface area (Å²) in [6, 6.07) is 6.81. The van der Waals surface area contributed by atoms with E-state index in [-0.39, 0.29) is 0 Å². The molecule has 1 saturated carbocycles. The van der Waals surface area contributed by atoms with E-state index >= 15 is 0 Å². The molecule has 1 nitrogen and oxygen atoms in total. The lowest BCUT2D eigenvalue weighted by Crippen LogP contribution is -2.23. The number of hydrogen-bond donors (Lipinski definition) is 1. The van der Waals surface area contributed by atoms with Crippen LogP contribution < -0.4 is 5.32 Å². The van der Waals surface area contributed by atoms with Crippen molar-refractivity contribution < 1.29 is 0 Å². The lowest BCUT2D eigenvalue weighted by atomic mass is 9.92. The Morgan fingerprint density at radius 1 is 1.33 bits per heavy atom. The van der Waals surface area contributed by atoms with Crippen LogP contribution >= 0.6 is 11.6 Å². The van der Waals surface area contributed by atoms with E-state index in [1.54, 1.807) is 0 Å². The Morgan fingerprint density at radius 3 is 2.72 bits per heavy atom. The van der Waals surface area contributed by atoms with Crippen LogP contribution in [0, 0.1) is 12.8 Å². The molecule has 1 unspecified atom stereocenters. The van der Waals surface area contributed by atoms with Gasteiger partial charge < -0.3 is 5.32 Å². The van der Waals surface area contributed by atoms with Crippen molar-refractivity contribution >= 4 is 11.6 Å². The van der Waals surface area contributed by atoms with Crippen molar-refractivity contribution in [1.82, 2.24) is 5.32 Å². The molecule has 1 aromatic rings. The molecule has 1 atom stereocenters. The molecule has 0 radical (unpaired) electrons. The summed E-state index contributed by atoms with van der Waals surface area (Å²) in [4.78, 5) is 0. The van der Waals surface area contributed by atoms with E-state index in [1.165, 1.54) is 43.2 Å². The third-order valence-corrected chi connectivity index (χ3v) is 4.61. The molecule has 2 heteroatoms.